The lowest BCUT2D eigenvalue weighted by atomic mass is 10.1. The molecule has 1 heterocycles. The van der Waals surface area contributed by atoms with Gasteiger partial charge in [-0.15, -0.1) is 0 Å². The SMILES string of the molecule is Cc1cc(OCCn2c(CCCNC(=O)C(C)C)nc3ccccc32)cc(C)c1Cl. The van der Waals surface area contributed by atoms with Gasteiger partial charge in [-0.25, -0.2) is 4.98 Å². The van der Waals surface area contributed by atoms with E-state index >= 15 is 0 Å². The summed E-state index contributed by atoms with van der Waals surface area (Å²) in [4.78, 5) is 16.6. The Morgan fingerprint density at radius 1 is 1.20 bits per heavy atom. The van der Waals surface area contributed by atoms with Crippen LogP contribution in [-0.2, 0) is 17.8 Å². The predicted octanol–water partition coefficient (Wildman–Crippen LogP) is 5.09. The van der Waals surface area contributed by atoms with E-state index in [9.17, 15) is 4.79 Å². The highest BCUT2D eigenvalue weighted by Gasteiger charge is 2.12. The third-order valence-corrected chi connectivity index (χ3v) is 5.72. The molecule has 0 unspecified atom stereocenters. The smallest absolute Gasteiger partial charge is 0.222 e. The number of amides is 1. The topological polar surface area (TPSA) is 56.1 Å². The molecule has 0 aliphatic heterocycles. The summed E-state index contributed by atoms with van der Waals surface area (Å²) in [5.74, 6) is 1.94. The molecule has 5 nitrogen and oxygen atoms in total. The van der Waals surface area contributed by atoms with Crippen molar-refractivity contribution >= 4 is 28.5 Å². The number of carbonyl (C=O) groups is 1. The van der Waals surface area contributed by atoms with E-state index in [1.807, 2.05) is 58.0 Å². The van der Waals surface area contributed by atoms with Crippen LogP contribution in [0.5, 0.6) is 5.75 Å². The summed E-state index contributed by atoms with van der Waals surface area (Å²) in [6.45, 7) is 9.67. The van der Waals surface area contributed by atoms with Gasteiger partial charge < -0.3 is 14.6 Å². The van der Waals surface area contributed by atoms with Gasteiger partial charge in [-0.3, -0.25) is 4.79 Å². The number of rotatable bonds is 9. The summed E-state index contributed by atoms with van der Waals surface area (Å²) in [6.07, 6.45) is 1.64. The molecule has 0 atom stereocenters. The fourth-order valence-corrected chi connectivity index (χ4v) is 3.58. The Balaban J connectivity index is 1.66. The highest BCUT2D eigenvalue weighted by molar-refractivity contribution is 6.32. The Labute approximate surface area is 183 Å². The fourth-order valence-electron chi connectivity index (χ4n) is 3.47. The summed E-state index contributed by atoms with van der Waals surface area (Å²) in [6, 6.07) is 12.1. The van der Waals surface area contributed by atoms with E-state index in [2.05, 4.69) is 16.0 Å². The number of para-hydroxylation sites is 2. The second-order valence-electron chi connectivity index (χ2n) is 7.94. The number of imidazole rings is 1. The number of aromatic nitrogens is 2. The van der Waals surface area contributed by atoms with Crippen LogP contribution >= 0.6 is 11.6 Å². The van der Waals surface area contributed by atoms with Crippen LogP contribution in [0, 0.1) is 19.8 Å². The second kappa shape index (κ2) is 9.98. The zero-order chi connectivity index (χ0) is 21.7. The molecule has 0 bridgehead atoms. The Bertz CT molecular complexity index is 1000. The highest BCUT2D eigenvalue weighted by Crippen LogP contribution is 2.26. The van der Waals surface area contributed by atoms with E-state index in [1.54, 1.807) is 0 Å². The Hall–Kier alpha value is -2.53. The van der Waals surface area contributed by atoms with Crippen LogP contribution in [0.2, 0.25) is 5.02 Å². The van der Waals surface area contributed by atoms with Crippen molar-refractivity contribution in [2.24, 2.45) is 5.92 Å². The van der Waals surface area contributed by atoms with Crippen molar-refractivity contribution in [1.82, 2.24) is 14.9 Å². The average Bonchev–Trinajstić information content (AvgIpc) is 3.06. The number of nitrogens with zero attached hydrogens (tertiary/aromatic N) is 2. The van der Waals surface area contributed by atoms with Gasteiger partial charge in [0, 0.05) is 23.9 Å². The van der Waals surface area contributed by atoms with Gasteiger partial charge in [0.15, 0.2) is 0 Å². The number of aryl methyl sites for hydroxylation is 3. The third kappa shape index (κ3) is 5.33. The number of ether oxygens (including phenoxy) is 1. The zero-order valence-corrected chi connectivity index (χ0v) is 18.9. The van der Waals surface area contributed by atoms with Crippen molar-refractivity contribution in [3.05, 3.63) is 58.4 Å². The van der Waals surface area contributed by atoms with Crippen LogP contribution < -0.4 is 10.1 Å². The molecule has 0 saturated carbocycles. The van der Waals surface area contributed by atoms with Gasteiger partial charge >= 0.3 is 0 Å². The lowest BCUT2D eigenvalue weighted by Crippen LogP contribution is -2.28. The summed E-state index contributed by atoms with van der Waals surface area (Å²) in [5, 5.41) is 3.76. The molecule has 6 heteroatoms. The van der Waals surface area contributed by atoms with Crippen molar-refractivity contribution in [2.75, 3.05) is 13.2 Å². The lowest BCUT2D eigenvalue weighted by molar-refractivity contribution is -0.123. The number of nitrogens with one attached hydrogen (secondary N) is 1. The molecule has 0 fully saturated rings. The van der Waals surface area contributed by atoms with E-state index in [4.69, 9.17) is 21.3 Å². The van der Waals surface area contributed by atoms with Gasteiger partial charge in [0.1, 0.15) is 18.2 Å². The maximum absolute atomic E-state index is 11.8. The first-order chi connectivity index (χ1) is 14.4. The number of fused-ring (bicyclic) bond motifs is 1. The Morgan fingerprint density at radius 3 is 2.60 bits per heavy atom. The maximum Gasteiger partial charge on any atom is 0.222 e. The van der Waals surface area contributed by atoms with Gasteiger partial charge in [0.2, 0.25) is 5.91 Å². The van der Waals surface area contributed by atoms with Crippen molar-refractivity contribution in [1.29, 1.82) is 0 Å². The summed E-state index contributed by atoms with van der Waals surface area (Å²) >= 11 is 6.25. The minimum atomic E-state index is 0.00636. The number of hydrogen-bond acceptors (Lipinski definition) is 3. The minimum absolute atomic E-state index is 0.00636. The molecule has 30 heavy (non-hydrogen) atoms. The molecular formula is C24H30ClN3O2. The molecule has 0 aliphatic rings. The monoisotopic (exact) mass is 427 g/mol. The molecule has 3 rings (SSSR count). The largest absolute Gasteiger partial charge is 0.492 e. The number of hydrogen-bond donors (Lipinski definition) is 1. The molecule has 160 valence electrons. The van der Waals surface area contributed by atoms with Crippen LogP contribution in [-0.4, -0.2) is 28.6 Å². The summed E-state index contributed by atoms with van der Waals surface area (Å²) < 4.78 is 8.24. The number of halogens is 1. The van der Waals surface area contributed by atoms with Gasteiger partial charge in [-0.05, 0) is 55.7 Å². The molecular weight excluding hydrogens is 398 g/mol. The molecule has 0 radical (unpaired) electrons. The predicted molar refractivity (Wildman–Crippen MR) is 122 cm³/mol. The Morgan fingerprint density at radius 2 is 1.90 bits per heavy atom. The molecule has 0 saturated heterocycles. The molecule has 0 spiro atoms. The summed E-state index contributed by atoms with van der Waals surface area (Å²) in [5.41, 5.74) is 4.12. The van der Waals surface area contributed by atoms with Crippen LogP contribution in [0.25, 0.3) is 11.0 Å². The highest BCUT2D eigenvalue weighted by atomic mass is 35.5. The van der Waals surface area contributed by atoms with Gasteiger partial charge in [-0.1, -0.05) is 37.6 Å². The van der Waals surface area contributed by atoms with E-state index in [0.29, 0.717) is 19.7 Å². The quantitative estimate of drug-likeness (QED) is 0.484. The first kappa shape index (κ1) is 22.2. The fraction of sp³-hybridized carbons (Fsp3) is 0.417. The number of benzene rings is 2. The summed E-state index contributed by atoms with van der Waals surface area (Å²) in [7, 11) is 0. The van der Waals surface area contributed by atoms with E-state index < -0.39 is 0 Å². The van der Waals surface area contributed by atoms with Gasteiger partial charge in [0.05, 0.1) is 17.6 Å². The zero-order valence-electron chi connectivity index (χ0n) is 18.2. The molecule has 1 amide bonds. The van der Waals surface area contributed by atoms with Gasteiger partial charge in [0.25, 0.3) is 0 Å². The normalized spacial score (nSPS) is 11.3. The van der Waals surface area contributed by atoms with Crippen LogP contribution in [0.3, 0.4) is 0 Å². The van der Waals surface area contributed by atoms with Crippen LogP contribution in [0.1, 0.15) is 37.2 Å². The molecule has 3 aromatic rings. The molecule has 1 aromatic heterocycles. The van der Waals surface area contributed by atoms with Crippen LogP contribution in [0.4, 0.5) is 0 Å². The van der Waals surface area contributed by atoms with Crippen molar-refractivity contribution in [3.63, 3.8) is 0 Å². The molecule has 0 aliphatic carbocycles. The van der Waals surface area contributed by atoms with Crippen LogP contribution in [0.15, 0.2) is 36.4 Å². The first-order valence-electron chi connectivity index (χ1n) is 10.5. The maximum atomic E-state index is 11.8. The standard InChI is InChI=1S/C24H30ClN3O2/c1-16(2)24(29)26-11-7-10-22-27-20-8-5-6-9-21(20)28(22)12-13-30-19-14-17(3)23(25)18(4)15-19/h5-6,8-9,14-16H,7,10-13H2,1-4H3,(H,26,29). The number of carbonyl (C=O) groups excluding carboxylic acids is 1. The van der Waals surface area contributed by atoms with E-state index in [0.717, 1.165) is 51.6 Å². The molecule has 1 N–H and O–H groups in total. The van der Waals surface area contributed by atoms with Crippen molar-refractivity contribution < 1.29 is 9.53 Å². The van der Waals surface area contributed by atoms with E-state index in [-0.39, 0.29) is 11.8 Å². The lowest BCUT2D eigenvalue weighted by Gasteiger charge is -2.13. The first-order valence-corrected chi connectivity index (χ1v) is 10.9. The molecule has 2 aromatic carbocycles. The van der Waals surface area contributed by atoms with E-state index in [1.165, 1.54) is 0 Å². The second-order valence-corrected chi connectivity index (χ2v) is 8.32. The minimum Gasteiger partial charge on any atom is -0.492 e. The van der Waals surface area contributed by atoms with Crippen molar-refractivity contribution in [3.8, 4) is 5.75 Å². The average molecular weight is 428 g/mol. The Kier molecular flexibility index (Phi) is 7.38. The van der Waals surface area contributed by atoms with Crippen molar-refractivity contribution in [2.45, 2.75) is 47.1 Å². The third-order valence-electron chi connectivity index (χ3n) is 5.13. The van der Waals surface area contributed by atoms with Gasteiger partial charge in [-0.2, -0.15) is 0 Å².